The van der Waals surface area contributed by atoms with Gasteiger partial charge in [-0.15, -0.1) is 0 Å². The second kappa shape index (κ2) is 7.74. The first kappa shape index (κ1) is 17.9. The first-order valence-electron chi connectivity index (χ1n) is 6.10. The number of hydrogen-bond donors (Lipinski definition) is 0. The van der Waals surface area contributed by atoms with Gasteiger partial charge in [-0.1, -0.05) is 36.4 Å². The zero-order valence-electron chi connectivity index (χ0n) is 13.2. The predicted octanol–water partition coefficient (Wildman–Crippen LogP) is 0.876. The smallest absolute Gasteiger partial charge is 1.00 e. The summed E-state index contributed by atoms with van der Waals surface area (Å²) < 4.78 is 11.3. The maximum Gasteiger partial charge on any atom is 1.00 e. The second-order valence-corrected chi connectivity index (χ2v) is 5.28. The Morgan fingerprint density at radius 2 is 1.65 bits per heavy atom. The molecule has 98 valence electrons. The van der Waals surface area contributed by atoms with Crippen molar-refractivity contribution < 1.29 is 62.2 Å². The molecule has 0 N–H and O–H groups in total. The first-order chi connectivity index (χ1) is 9.06. The minimum absolute atomic E-state index is 0. The molecule has 20 heavy (non-hydrogen) atoms. The molecule has 0 unspecified atom stereocenters. The third-order valence-corrected chi connectivity index (χ3v) is 4.16. The van der Waals surface area contributed by atoms with E-state index in [4.69, 9.17) is 0 Å². The van der Waals surface area contributed by atoms with Crippen molar-refractivity contribution in [1.82, 2.24) is 0 Å². The Morgan fingerprint density at radius 1 is 1.05 bits per heavy atom. The quantitative estimate of drug-likeness (QED) is 0.479. The van der Waals surface area contributed by atoms with Gasteiger partial charge in [-0.2, -0.15) is 0 Å². The van der Waals surface area contributed by atoms with Gasteiger partial charge in [-0.3, -0.25) is 9.36 Å². The maximum atomic E-state index is 12.6. The van der Waals surface area contributed by atoms with E-state index in [1.54, 1.807) is 12.1 Å². The largest absolute Gasteiger partial charge is 1.00 e. The van der Waals surface area contributed by atoms with Gasteiger partial charge in [0.15, 0.2) is 14.2 Å². The summed E-state index contributed by atoms with van der Waals surface area (Å²) in [4.78, 5) is 12.6. The van der Waals surface area contributed by atoms with E-state index >= 15 is 0 Å². The van der Waals surface area contributed by atoms with Crippen LogP contribution >= 0.6 is 8.46 Å². The summed E-state index contributed by atoms with van der Waals surface area (Å²) >= 11 is 0. The van der Waals surface area contributed by atoms with Crippen LogP contribution in [0.5, 0.6) is 0 Å². The van der Waals surface area contributed by atoms with E-state index in [0.717, 1.165) is 16.7 Å². The molecule has 4 heteroatoms. The van der Waals surface area contributed by atoms with E-state index in [1.807, 2.05) is 45.0 Å². The van der Waals surface area contributed by atoms with Crippen molar-refractivity contribution in [2.75, 3.05) is 0 Å². The monoisotopic (exact) mass is 310 g/mol. The van der Waals surface area contributed by atoms with Crippen LogP contribution in [0, 0.1) is 20.8 Å². The molecular weight excluding hydrogens is 294 g/mol. The SMILES string of the molecule is Cc1cc(C)c(C(=O)c2ccccc2)c(C)c1P=O.[H-].[K+]. The molecule has 0 amide bonds. The number of carbonyl (C=O) groups is 1. The van der Waals surface area contributed by atoms with Crippen LogP contribution in [0.15, 0.2) is 36.4 Å². The van der Waals surface area contributed by atoms with Gasteiger partial charge in [0.25, 0.3) is 0 Å². The van der Waals surface area contributed by atoms with Gasteiger partial charge in [0.05, 0.1) is 0 Å². The van der Waals surface area contributed by atoms with Gasteiger partial charge >= 0.3 is 51.4 Å². The average Bonchev–Trinajstić information content (AvgIpc) is 2.39. The van der Waals surface area contributed by atoms with Gasteiger partial charge in [-0.05, 0) is 37.5 Å². The van der Waals surface area contributed by atoms with Crippen LogP contribution in [-0.4, -0.2) is 5.78 Å². The fraction of sp³-hybridized carbons (Fsp3) is 0.188. The van der Waals surface area contributed by atoms with Crippen molar-refractivity contribution in [2.24, 2.45) is 0 Å². The molecule has 0 fully saturated rings. The zero-order chi connectivity index (χ0) is 14.0. The number of rotatable bonds is 3. The Hall–Kier alpha value is -0.154. The summed E-state index contributed by atoms with van der Waals surface area (Å²) in [5, 5.41) is 0.713. The zero-order valence-corrected chi connectivity index (χ0v) is 16.2. The van der Waals surface area contributed by atoms with Crippen LogP contribution in [0.4, 0.5) is 0 Å². The molecular formula is C16H16KO2P. The standard InChI is InChI=1S/C16H15O2P.K.H/c1-10-9-11(2)16(19-18)12(3)14(10)15(17)13-7-5-4-6-8-13;;/h4-9H,1-3H3;;/q;+1;-1. The van der Waals surface area contributed by atoms with Crippen LogP contribution in [0.2, 0.25) is 0 Å². The van der Waals surface area contributed by atoms with Gasteiger partial charge in [0, 0.05) is 16.4 Å². The summed E-state index contributed by atoms with van der Waals surface area (Å²) in [5.74, 6) is -0.0134. The van der Waals surface area contributed by atoms with Crippen LogP contribution in [0.25, 0.3) is 0 Å². The average molecular weight is 310 g/mol. The molecule has 0 radical (unpaired) electrons. The van der Waals surface area contributed by atoms with E-state index in [-0.39, 0.29) is 67.1 Å². The van der Waals surface area contributed by atoms with Crippen molar-refractivity contribution in [1.29, 1.82) is 0 Å². The van der Waals surface area contributed by atoms with Crippen molar-refractivity contribution in [3.63, 3.8) is 0 Å². The summed E-state index contributed by atoms with van der Waals surface area (Å²) in [6.07, 6.45) is 0. The topological polar surface area (TPSA) is 34.1 Å². The van der Waals surface area contributed by atoms with Gasteiger partial charge in [-0.25, -0.2) is 0 Å². The maximum absolute atomic E-state index is 12.6. The molecule has 2 aromatic carbocycles. The minimum atomic E-state index is -0.0380. The molecule has 2 aromatic rings. The fourth-order valence-electron chi connectivity index (χ4n) is 2.40. The molecule has 2 nitrogen and oxygen atoms in total. The van der Waals surface area contributed by atoms with Gasteiger partial charge in [0.2, 0.25) is 0 Å². The number of carbonyl (C=O) groups excluding carboxylic acids is 1. The number of ketones is 1. The predicted molar refractivity (Wildman–Crippen MR) is 78.9 cm³/mol. The molecule has 0 spiro atoms. The Labute approximate surface area is 165 Å². The van der Waals surface area contributed by atoms with E-state index < -0.39 is 0 Å². The van der Waals surface area contributed by atoms with Crippen molar-refractivity contribution >= 4 is 19.5 Å². The third-order valence-electron chi connectivity index (χ3n) is 3.29. The molecule has 0 heterocycles. The molecule has 0 aliphatic carbocycles. The summed E-state index contributed by atoms with van der Waals surface area (Å²) in [5.41, 5.74) is 4.01. The molecule has 0 aliphatic heterocycles. The fourth-order valence-corrected chi connectivity index (χ4v) is 2.86. The van der Waals surface area contributed by atoms with E-state index in [9.17, 15) is 9.36 Å². The number of benzene rings is 2. The van der Waals surface area contributed by atoms with Crippen molar-refractivity contribution in [3.05, 3.63) is 64.2 Å². The summed E-state index contributed by atoms with van der Waals surface area (Å²) in [6.45, 7) is 5.69. The molecule has 0 bridgehead atoms. The Balaban J connectivity index is 0.00000200. The van der Waals surface area contributed by atoms with Crippen LogP contribution in [-0.2, 0) is 4.57 Å². The Kier molecular flexibility index (Phi) is 6.93. The number of hydrogen-bond acceptors (Lipinski definition) is 2. The van der Waals surface area contributed by atoms with E-state index in [0.29, 0.717) is 16.4 Å². The minimum Gasteiger partial charge on any atom is -1.00 e. The van der Waals surface area contributed by atoms with Crippen LogP contribution < -0.4 is 56.7 Å². The first-order valence-corrected chi connectivity index (χ1v) is 6.91. The molecule has 0 aromatic heterocycles. The third kappa shape index (κ3) is 3.54. The molecule has 0 aliphatic rings. The summed E-state index contributed by atoms with van der Waals surface area (Å²) in [7, 11) is -0.0380. The number of aryl methyl sites for hydroxylation is 2. The van der Waals surface area contributed by atoms with Crippen molar-refractivity contribution in [2.45, 2.75) is 20.8 Å². The van der Waals surface area contributed by atoms with Gasteiger partial charge < -0.3 is 1.43 Å². The molecule has 0 atom stereocenters. The molecule has 2 rings (SSSR count). The second-order valence-electron chi connectivity index (χ2n) is 4.65. The summed E-state index contributed by atoms with van der Waals surface area (Å²) in [6, 6.07) is 11.1. The molecule has 0 saturated heterocycles. The van der Waals surface area contributed by atoms with Crippen LogP contribution in [0.3, 0.4) is 0 Å². The van der Waals surface area contributed by atoms with E-state index in [2.05, 4.69) is 0 Å². The Bertz CT molecular complexity index is 657. The Morgan fingerprint density at radius 3 is 2.20 bits per heavy atom. The van der Waals surface area contributed by atoms with Crippen molar-refractivity contribution in [3.8, 4) is 0 Å². The normalized spacial score (nSPS) is 10.2. The molecule has 0 saturated carbocycles. The van der Waals surface area contributed by atoms with Gasteiger partial charge in [0.1, 0.15) is 0 Å². The van der Waals surface area contributed by atoms with E-state index in [1.165, 1.54) is 0 Å². The van der Waals surface area contributed by atoms with Crippen LogP contribution in [0.1, 0.15) is 34.0 Å².